The van der Waals surface area contributed by atoms with Gasteiger partial charge < -0.3 is 25.4 Å². The normalized spacial score (nSPS) is 13.7. The smallest absolute Gasteiger partial charge is 0.407 e. The molecule has 3 rings (SSSR count). The van der Waals surface area contributed by atoms with Crippen molar-refractivity contribution in [3.05, 3.63) is 40.6 Å². The van der Waals surface area contributed by atoms with Gasteiger partial charge in [-0.3, -0.25) is 0 Å². The third kappa shape index (κ3) is 4.45. The second kappa shape index (κ2) is 8.57. The predicted octanol–water partition coefficient (Wildman–Crippen LogP) is 2.73. The van der Waals surface area contributed by atoms with Crippen LogP contribution in [0.3, 0.4) is 0 Å². The summed E-state index contributed by atoms with van der Waals surface area (Å²) in [5.74, 6) is 1.26. The number of amides is 1. The molecule has 1 aromatic heterocycles. The molecule has 3 N–H and O–H groups in total. The number of hydrogen-bond donors (Lipinski definition) is 2. The minimum Gasteiger partial charge on any atom is -0.489 e. The van der Waals surface area contributed by atoms with E-state index in [4.69, 9.17) is 15.2 Å². The van der Waals surface area contributed by atoms with Crippen LogP contribution in [-0.4, -0.2) is 44.8 Å². The van der Waals surface area contributed by atoms with Crippen LogP contribution in [0.4, 0.5) is 16.2 Å². The highest BCUT2D eigenvalue weighted by Gasteiger charge is 2.18. The maximum absolute atomic E-state index is 11.4. The number of anilines is 1. The number of aliphatic imine (C=N–C) groups is 1. The monoisotopic (exact) mass is 374 g/mol. The first kappa shape index (κ1) is 18.1. The first-order chi connectivity index (χ1) is 12.7. The number of nitrogens with zero attached hydrogens (tertiary/aromatic N) is 2. The second-order valence-electron chi connectivity index (χ2n) is 5.61. The number of amidine groups is 1. The van der Waals surface area contributed by atoms with Crippen LogP contribution >= 0.6 is 11.3 Å². The van der Waals surface area contributed by atoms with Crippen molar-refractivity contribution < 1.29 is 14.3 Å². The van der Waals surface area contributed by atoms with E-state index in [1.54, 1.807) is 18.3 Å². The summed E-state index contributed by atoms with van der Waals surface area (Å²) in [5.41, 5.74) is 7.78. The molecule has 0 bridgehead atoms. The number of rotatable bonds is 6. The van der Waals surface area contributed by atoms with E-state index in [2.05, 4.69) is 15.2 Å². The predicted molar refractivity (Wildman–Crippen MR) is 104 cm³/mol. The van der Waals surface area contributed by atoms with Gasteiger partial charge >= 0.3 is 6.09 Å². The van der Waals surface area contributed by atoms with Crippen molar-refractivity contribution >= 4 is 34.6 Å². The number of carbonyl (C=O) groups is 1. The third-order valence-corrected chi connectivity index (χ3v) is 4.74. The van der Waals surface area contributed by atoms with Crippen molar-refractivity contribution in [2.24, 2.45) is 10.7 Å². The summed E-state index contributed by atoms with van der Waals surface area (Å²) >= 11 is 1.55. The minimum absolute atomic E-state index is 0.365. The second-order valence-corrected chi connectivity index (χ2v) is 6.56. The fourth-order valence-electron chi connectivity index (χ4n) is 2.66. The number of benzene rings is 1. The Kier molecular flexibility index (Phi) is 5.96. The number of fused-ring (bicyclic) bond motifs is 1. The van der Waals surface area contributed by atoms with Crippen LogP contribution in [0.1, 0.15) is 11.8 Å². The molecule has 138 valence electrons. The van der Waals surface area contributed by atoms with Crippen molar-refractivity contribution in [3.8, 4) is 5.75 Å². The molecule has 1 aromatic carbocycles. The molecule has 1 aliphatic rings. The quantitative estimate of drug-likeness (QED) is 0.599. The molecule has 1 amide bonds. The number of thiophene rings is 1. The number of nitrogens with two attached hydrogens (primary N) is 1. The van der Waals surface area contributed by atoms with Crippen molar-refractivity contribution in [1.82, 2.24) is 5.32 Å². The van der Waals surface area contributed by atoms with Crippen LogP contribution in [0.15, 0.2) is 40.7 Å². The van der Waals surface area contributed by atoms with E-state index < -0.39 is 6.09 Å². The van der Waals surface area contributed by atoms with Crippen molar-refractivity contribution in [2.75, 3.05) is 37.7 Å². The highest BCUT2D eigenvalue weighted by Crippen LogP contribution is 2.35. The van der Waals surface area contributed by atoms with Gasteiger partial charge in [0.1, 0.15) is 18.2 Å². The molecule has 7 nitrogen and oxygen atoms in total. The van der Waals surface area contributed by atoms with Crippen molar-refractivity contribution in [1.29, 1.82) is 0 Å². The Morgan fingerprint density at radius 2 is 2.35 bits per heavy atom. The molecular weight excluding hydrogens is 352 g/mol. The summed E-state index contributed by atoms with van der Waals surface area (Å²) in [5, 5.41) is 4.70. The lowest BCUT2D eigenvalue weighted by molar-refractivity contribution is 0.152. The topological polar surface area (TPSA) is 89.2 Å². The van der Waals surface area contributed by atoms with E-state index in [0.717, 1.165) is 28.5 Å². The van der Waals surface area contributed by atoms with E-state index in [-0.39, 0.29) is 0 Å². The molecule has 0 aliphatic carbocycles. The van der Waals surface area contributed by atoms with Crippen LogP contribution in [0.2, 0.25) is 0 Å². The van der Waals surface area contributed by atoms with Crippen LogP contribution in [0, 0.1) is 0 Å². The Bertz CT molecular complexity index is 777. The molecule has 8 heteroatoms. The zero-order valence-corrected chi connectivity index (χ0v) is 15.4. The summed E-state index contributed by atoms with van der Waals surface area (Å²) in [6.07, 6.45) is -0.394. The van der Waals surface area contributed by atoms with E-state index >= 15 is 0 Å². The van der Waals surface area contributed by atoms with Gasteiger partial charge in [-0.15, -0.1) is 11.3 Å². The van der Waals surface area contributed by atoms with Gasteiger partial charge in [-0.25, -0.2) is 9.79 Å². The molecule has 0 saturated heterocycles. The zero-order chi connectivity index (χ0) is 18.4. The Hall–Kier alpha value is -2.74. The van der Waals surface area contributed by atoms with Crippen LogP contribution < -0.4 is 20.7 Å². The molecule has 0 radical (unpaired) electrons. The van der Waals surface area contributed by atoms with Crippen LogP contribution in [0.5, 0.6) is 5.75 Å². The molecule has 0 saturated carbocycles. The highest BCUT2D eigenvalue weighted by molar-refractivity contribution is 7.12. The lowest BCUT2D eigenvalue weighted by atomic mass is 10.2. The van der Waals surface area contributed by atoms with Gasteiger partial charge in [0, 0.05) is 19.2 Å². The number of nitrogens with one attached hydrogen (secondary N) is 1. The van der Waals surface area contributed by atoms with Crippen molar-refractivity contribution in [3.63, 3.8) is 0 Å². The molecule has 2 aromatic rings. The average Bonchev–Trinajstić information content (AvgIpc) is 3.17. The SMILES string of the molecule is CCOC(=O)NCCN1CCOc2cc(N=C(N)c3cccs3)ccc21. The largest absolute Gasteiger partial charge is 0.489 e. The van der Waals surface area contributed by atoms with Gasteiger partial charge in [-0.2, -0.15) is 0 Å². The van der Waals surface area contributed by atoms with Gasteiger partial charge in [-0.1, -0.05) is 6.07 Å². The molecule has 1 aliphatic heterocycles. The first-order valence-electron chi connectivity index (χ1n) is 8.48. The van der Waals surface area contributed by atoms with E-state index in [1.165, 1.54) is 0 Å². The number of carbonyl (C=O) groups excluding carboxylic acids is 1. The maximum atomic E-state index is 11.4. The number of hydrogen-bond acceptors (Lipinski definition) is 6. The molecule has 0 spiro atoms. The van der Waals surface area contributed by atoms with Crippen LogP contribution in [0.25, 0.3) is 0 Å². The van der Waals surface area contributed by atoms with E-state index in [1.807, 2.05) is 35.7 Å². The fourth-order valence-corrected chi connectivity index (χ4v) is 3.29. The molecule has 2 heterocycles. The van der Waals surface area contributed by atoms with Gasteiger partial charge in [0.15, 0.2) is 0 Å². The Labute approximate surface area is 156 Å². The standard InChI is InChI=1S/C18H22N4O3S/c1-2-24-18(23)20-7-8-22-9-10-25-15-12-13(5-6-14(15)22)21-17(19)16-4-3-11-26-16/h3-6,11-12H,2,7-10H2,1H3,(H2,19,21)(H,20,23). The summed E-state index contributed by atoms with van der Waals surface area (Å²) in [7, 11) is 0. The Morgan fingerprint density at radius 1 is 1.46 bits per heavy atom. The summed E-state index contributed by atoms with van der Waals surface area (Å²) in [4.78, 5) is 19.0. The minimum atomic E-state index is -0.394. The summed E-state index contributed by atoms with van der Waals surface area (Å²) < 4.78 is 10.6. The molecule has 26 heavy (non-hydrogen) atoms. The Morgan fingerprint density at radius 3 is 3.12 bits per heavy atom. The first-order valence-corrected chi connectivity index (χ1v) is 9.36. The Balaban J connectivity index is 1.67. The lowest BCUT2D eigenvalue weighted by Crippen LogP contribution is -2.39. The van der Waals surface area contributed by atoms with E-state index in [0.29, 0.717) is 32.1 Å². The molecule has 0 fully saturated rings. The molecular formula is C18H22N4O3S. The van der Waals surface area contributed by atoms with Gasteiger partial charge in [0.25, 0.3) is 0 Å². The summed E-state index contributed by atoms with van der Waals surface area (Å²) in [6, 6.07) is 9.66. The molecule has 0 unspecified atom stereocenters. The average molecular weight is 374 g/mol. The summed E-state index contributed by atoms with van der Waals surface area (Å²) in [6.45, 7) is 4.67. The zero-order valence-electron chi connectivity index (χ0n) is 14.6. The maximum Gasteiger partial charge on any atom is 0.407 e. The number of alkyl carbamates (subject to hydrolysis) is 1. The fraction of sp³-hybridized carbons (Fsp3) is 0.333. The van der Waals surface area contributed by atoms with Gasteiger partial charge in [-0.05, 0) is 30.5 Å². The number of ether oxygens (including phenoxy) is 2. The lowest BCUT2D eigenvalue weighted by Gasteiger charge is -2.31. The van der Waals surface area contributed by atoms with Gasteiger partial charge in [0.2, 0.25) is 0 Å². The highest BCUT2D eigenvalue weighted by atomic mass is 32.1. The van der Waals surface area contributed by atoms with Crippen LogP contribution in [-0.2, 0) is 4.74 Å². The van der Waals surface area contributed by atoms with E-state index in [9.17, 15) is 4.79 Å². The van der Waals surface area contributed by atoms with Gasteiger partial charge in [0.05, 0.1) is 29.4 Å². The van der Waals surface area contributed by atoms with Crippen molar-refractivity contribution in [2.45, 2.75) is 6.92 Å². The molecule has 0 atom stereocenters. The third-order valence-electron chi connectivity index (χ3n) is 3.85.